The summed E-state index contributed by atoms with van der Waals surface area (Å²) in [6.45, 7) is 2.49. The number of aromatic nitrogens is 1. The first kappa shape index (κ1) is 11.6. The molecule has 0 radical (unpaired) electrons. The standard InChI is InChI=1S/C12H14N2O3/c1-8-7-14(10(8)12(16)17-2)11(15)9-5-3-4-6-13-9/h3-6,8,10H,7H2,1-2H3/t8-,10+/m1/s1. The van der Waals surface area contributed by atoms with Crippen LogP contribution in [-0.2, 0) is 9.53 Å². The second-order valence-electron chi connectivity index (χ2n) is 4.12. The van der Waals surface area contributed by atoms with Crippen molar-refractivity contribution in [1.29, 1.82) is 0 Å². The molecule has 1 saturated heterocycles. The lowest BCUT2D eigenvalue weighted by molar-refractivity contribution is -0.153. The van der Waals surface area contributed by atoms with Crippen LogP contribution >= 0.6 is 0 Å². The Kier molecular flexibility index (Phi) is 3.08. The van der Waals surface area contributed by atoms with E-state index >= 15 is 0 Å². The molecule has 5 heteroatoms. The van der Waals surface area contributed by atoms with E-state index in [2.05, 4.69) is 9.72 Å². The second kappa shape index (κ2) is 4.53. The lowest BCUT2D eigenvalue weighted by Crippen LogP contribution is -2.61. The first-order valence-electron chi connectivity index (χ1n) is 5.45. The maximum Gasteiger partial charge on any atom is 0.328 e. The third-order valence-electron chi connectivity index (χ3n) is 2.95. The van der Waals surface area contributed by atoms with Crippen LogP contribution in [0.1, 0.15) is 17.4 Å². The zero-order chi connectivity index (χ0) is 12.4. The van der Waals surface area contributed by atoms with Crippen molar-refractivity contribution in [1.82, 2.24) is 9.88 Å². The molecule has 1 fully saturated rings. The average molecular weight is 234 g/mol. The van der Waals surface area contributed by atoms with E-state index in [1.54, 1.807) is 24.4 Å². The van der Waals surface area contributed by atoms with E-state index < -0.39 is 6.04 Å². The molecule has 0 N–H and O–H groups in total. The summed E-state index contributed by atoms with van der Waals surface area (Å²) in [5, 5.41) is 0. The molecule has 1 aliphatic rings. The van der Waals surface area contributed by atoms with Gasteiger partial charge >= 0.3 is 5.97 Å². The summed E-state index contributed by atoms with van der Waals surface area (Å²) in [6, 6.07) is 4.65. The molecule has 0 spiro atoms. The Balaban J connectivity index is 2.14. The molecule has 0 unspecified atom stereocenters. The molecular formula is C12H14N2O3. The van der Waals surface area contributed by atoms with Gasteiger partial charge in [-0.05, 0) is 12.1 Å². The molecule has 17 heavy (non-hydrogen) atoms. The van der Waals surface area contributed by atoms with Crippen LogP contribution in [0.4, 0.5) is 0 Å². The first-order chi connectivity index (χ1) is 8.15. The number of esters is 1. The topological polar surface area (TPSA) is 59.5 Å². The molecule has 1 aromatic heterocycles. The molecule has 2 rings (SSSR count). The second-order valence-corrected chi connectivity index (χ2v) is 4.12. The number of hydrogen-bond acceptors (Lipinski definition) is 4. The van der Waals surface area contributed by atoms with Crippen molar-refractivity contribution >= 4 is 11.9 Å². The van der Waals surface area contributed by atoms with Crippen LogP contribution in [0.15, 0.2) is 24.4 Å². The minimum atomic E-state index is -0.477. The van der Waals surface area contributed by atoms with Crippen molar-refractivity contribution < 1.29 is 14.3 Å². The maximum atomic E-state index is 12.1. The average Bonchev–Trinajstić information content (AvgIpc) is 2.35. The van der Waals surface area contributed by atoms with E-state index in [1.165, 1.54) is 12.0 Å². The molecule has 1 aliphatic heterocycles. The van der Waals surface area contributed by atoms with Gasteiger partial charge in [0.05, 0.1) is 7.11 Å². The molecule has 0 aromatic carbocycles. The van der Waals surface area contributed by atoms with Gasteiger partial charge in [-0.25, -0.2) is 4.79 Å². The summed E-state index contributed by atoms with van der Waals surface area (Å²) in [6.07, 6.45) is 1.56. The number of hydrogen-bond donors (Lipinski definition) is 0. The molecule has 1 aromatic rings. The van der Waals surface area contributed by atoms with Gasteiger partial charge in [0.1, 0.15) is 11.7 Å². The Morgan fingerprint density at radius 3 is 2.76 bits per heavy atom. The SMILES string of the molecule is COC(=O)[C@@H]1[C@H](C)CN1C(=O)c1ccccn1. The zero-order valence-electron chi connectivity index (χ0n) is 9.79. The smallest absolute Gasteiger partial charge is 0.328 e. The highest BCUT2D eigenvalue weighted by Crippen LogP contribution is 2.26. The Hall–Kier alpha value is -1.91. The van der Waals surface area contributed by atoms with Crippen molar-refractivity contribution in [3.8, 4) is 0 Å². The summed E-state index contributed by atoms with van der Waals surface area (Å²) in [5.41, 5.74) is 0.355. The van der Waals surface area contributed by atoms with E-state index in [9.17, 15) is 9.59 Å². The van der Waals surface area contributed by atoms with Gasteiger partial charge in [-0.2, -0.15) is 0 Å². The lowest BCUT2D eigenvalue weighted by atomic mass is 9.90. The monoisotopic (exact) mass is 234 g/mol. The molecule has 1 amide bonds. The van der Waals surface area contributed by atoms with Crippen LogP contribution in [0.3, 0.4) is 0 Å². The molecular weight excluding hydrogens is 220 g/mol. The van der Waals surface area contributed by atoms with Crippen LogP contribution in [0.25, 0.3) is 0 Å². The number of ether oxygens (including phenoxy) is 1. The summed E-state index contributed by atoms with van der Waals surface area (Å²) < 4.78 is 4.69. The summed E-state index contributed by atoms with van der Waals surface area (Å²) >= 11 is 0. The fourth-order valence-electron chi connectivity index (χ4n) is 2.02. The Morgan fingerprint density at radius 2 is 2.24 bits per heavy atom. The molecule has 2 atom stereocenters. The van der Waals surface area contributed by atoms with Gasteiger partial charge in [-0.15, -0.1) is 0 Å². The predicted molar refractivity (Wildman–Crippen MR) is 60.2 cm³/mol. The molecule has 90 valence electrons. The van der Waals surface area contributed by atoms with Gasteiger partial charge in [0.15, 0.2) is 0 Å². The van der Waals surface area contributed by atoms with Crippen LogP contribution < -0.4 is 0 Å². The van der Waals surface area contributed by atoms with Crippen LogP contribution in [0, 0.1) is 5.92 Å². The zero-order valence-corrected chi connectivity index (χ0v) is 9.79. The van der Waals surface area contributed by atoms with E-state index in [0.717, 1.165) is 0 Å². The Morgan fingerprint density at radius 1 is 1.47 bits per heavy atom. The normalized spacial score (nSPS) is 22.8. The van der Waals surface area contributed by atoms with Crippen LogP contribution in [0.2, 0.25) is 0 Å². The molecule has 0 bridgehead atoms. The Bertz CT molecular complexity index is 433. The number of likely N-dealkylation sites (tertiary alicyclic amines) is 1. The minimum absolute atomic E-state index is 0.134. The number of amides is 1. The highest BCUT2D eigenvalue weighted by Gasteiger charge is 2.45. The Labute approximate surface area is 99.4 Å². The third-order valence-corrected chi connectivity index (χ3v) is 2.95. The van der Waals surface area contributed by atoms with Crippen molar-refractivity contribution in [2.24, 2.45) is 5.92 Å². The van der Waals surface area contributed by atoms with Crippen molar-refractivity contribution in [3.05, 3.63) is 30.1 Å². The molecule has 5 nitrogen and oxygen atoms in total. The number of methoxy groups -OCH3 is 1. The fourth-order valence-corrected chi connectivity index (χ4v) is 2.02. The predicted octanol–water partition coefficient (Wildman–Crippen LogP) is 0.715. The number of nitrogens with zero attached hydrogens (tertiary/aromatic N) is 2. The summed E-state index contributed by atoms with van der Waals surface area (Å²) in [5.74, 6) is -0.456. The van der Waals surface area contributed by atoms with E-state index in [-0.39, 0.29) is 17.8 Å². The summed E-state index contributed by atoms with van der Waals surface area (Å²) in [7, 11) is 1.33. The number of carbonyl (C=O) groups excluding carboxylic acids is 2. The highest BCUT2D eigenvalue weighted by atomic mass is 16.5. The lowest BCUT2D eigenvalue weighted by Gasteiger charge is -2.44. The fraction of sp³-hybridized carbons (Fsp3) is 0.417. The van der Waals surface area contributed by atoms with Gasteiger partial charge in [0, 0.05) is 18.7 Å². The molecule has 0 aliphatic carbocycles. The first-order valence-corrected chi connectivity index (χ1v) is 5.45. The van der Waals surface area contributed by atoms with Gasteiger partial charge < -0.3 is 9.64 Å². The van der Waals surface area contributed by atoms with E-state index in [1.807, 2.05) is 6.92 Å². The number of rotatable bonds is 2. The maximum absolute atomic E-state index is 12.1. The van der Waals surface area contributed by atoms with Crippen molar-refractivity contribution in [2.45, 2.75) is 13.0 Å². The van der Waals surface area contributed by atoms with Crippen molar-refractivity contribution in [3.63, 3.8) is 0 Å². The van der Waals surface area contributed by atoms with Gasteiger partial charge in [-0.1, -0.05) is 13.0 Å². The molecule has 0 saturated carbocycles. The van der Waals surface area contributed by atoms with E-state index in [0.29, 0.717) is 12.2 Å². The van der Waals surface area contributed by atoms with Crippen molar-refractivity contribution in [2.75, 3.05) is 13.7 Å². The van der Waals surface area contributed by atoms with Gasteiger partial charge in [0.25, 0.3) is 5.91 Å². The third kappa shape index (κ3) is 2.00. The minimum Gasteiger partial charge on any atom is -0.467 e. The van der Waals surface area contributed by atoms with Crippen LogP contribution in [0.5, 0.6) is 0 Å². The number of carbonyl (C=O) groups is 2. The quantitative estimate of drug-likeness (QED) is 0.707. The van der Waals surface area contributed by atoms with Crippen LogP contribution in [-0.4, -0.2) is 41.5 Å². The molecule has 2 heterocycles. The van der Waals surface area contributed by atoms with Gasteiger partial charge in [-0.3, -0.25) is 9.78 Å². The number of pyridine rings is 1. The van der Waals surface area contributed by atoms with Gasteiger partial charge in [0.2, 0.25) is 0 Å². The summed E-state index contributed by atoms with van der Waals surface area (Å²) in [4.78, 5) is 29.1. The van der Waals surface area contributed by atoms with E-state index in [4.69, 9.17) is 0 Å². The highest BCUT2D eigenvalue weighted by molar-refractivity contribution is 5.96. The largest absolute Gasteiger partial charge is 0.467 e.